The highest BCUT2D eigenvalue weighted by Crippen LogP contribution is 2.22. The number of fused-ring (bicyclic) bond motifs is 1. The van der Waals surface area contributed by atoms with Crippen LogP contribution in [0.4, 0.5) is 0 Å². The van der Waals surface area contributed by atoms with E-state index < -0.39 is 36.1 Å². The molecule has 0 fully saturated rings. The van der Waals surface area contributed by atoms with Gasteiger partial charge in [-0.25, -0.2) is 4.79 Å². The van der Waals surface area contributed by atoms with Crippen molar-refractivity contribution in [2.45, 2.75) is 19.0 Å². The molecular weight excluding hydrogens is 352 g/mol. The minimum absolute atomic E-state index is 0.139. The van der Waals surface area contributed by atoms with Gasteiger partial charge in [-0.2, -0.15) is 0 Å². The molecule has 8 heteroatoms. The third-order valence-corrected chi connectivity index (χ3v) is 3.89. The van der Waals surface area contributed by atoms with Crippen LogP contribution in [-0.4, -0.2) is 48.5 Å². The molecule has 0 aliphatic carbocycles. The lowest BCUT2D eigenvalue weighted by Gasteiger charge is -2.14. The topological polar surface area (TPSA) is 104 Å². The number of ether oxygens (including phenoxy) is 2. The van der Waals surface area contributed by atoms with Crippen LogP contribution in [0.5, 0.6) is 0 Å². The van der Waals surface area contributed by atoms with Gasteiger partial charge >= 0.3 is 11.9 Å². The Labute approximate surface area is 155 Å². The maximum absolute atomic E-state index is 12.6. The van der Waals surface area contributed by atoms with Crippen molar-refractivity contribution >= 4 is 34.5 Å². The number of ketones is 1. The van der Waals surface area contributed by atoms with Crippen LogP contribution >= 0.6 is 0 Å². The summed E-state index contributed by atoms with van der Waals surface area (Å²) in [6, 6.07) is 5.64. The minimum Gasteiger partial charge on any atom is -0.469 e. The second kappa shape index (κ2) is 8.67. The molecule has 0 aliphatic heterocycles. The highest BCUT2D eigenvalue weighted by molar-refractivity contribution is 6.45. The van der Waals surface area contributed by atoms with Crippen LogP contribution in [0.2, 0.25) is 0 Å². The molecule has 0 spiro atoms. The summed E-state index contributed by atoms with van der Waals surface area (Å²) in [5.41, 5.74) is 0.839. The van der Waals surface area contributed by atoms with E-state index in [9.17, 15) is 19.2 Å². The summed E-state index contributed by atoms with van der Waals surface area (Å²) in [4.78, 5) is 48.2. The molecular formula is C19H18N2O6. The Morgan fingerprint density at radius 3 is 2.52 bits per heavy atom. The molecule has 2 aromatic rings. The van der Waals surface area contributed by atoms with Gasteiger partial charge in [-0.15, -0.1) is 6.42 Å². The van der Waals surface area contributed by atoms with Crippen molar-refractivity contribution in [2.75, 3.05) is 14.2 Å². The normalized spacial score (nSPS) is 11.3. The van der Waals surface area contributed by atoms with Crippen LogP contribution in [0.3, 0.4) is 0 Å². The summed E-state index contributed by atoms with van der Waals surface area (Å²) in [5.74, 6) is -1.02. The van der Waals surface area contributed by atoms with Gasteiger partial charge in [0.2, 0.25) is 0 Å². The van der Waals surface area contributed by atoms with Crippen molar-refractivity contribution in [1.29, 1.82) is 0 Å². The zero-order valence-electron chi connectivity index (χ0n) is 14.9. The molecule has 1 aromatic heterocycles. The van der Waals surface area contributed by atoms with Crippen molar-refractivity contribution in [2.24, 2.45) is 0 Å². The molecule has 8 nitrogen and oxygen atoms in total. The van der Waals surface area contributed by atoms with Crippen LogP contribution in [0, 0.1) is 12.3 Å². The van der Waals surface area contributed by atoms with E-state index in [1.54, 1.807) is 28.8 Å². The minimum atomic E-state index is -1.34. The van der Waals surface area contributed by atoms with Crippen LogP contribution in [0.25, 0.3) is 10.9 Å². The predicted molar refractivity (Wildman–Crippen MR) is 95.7 cm³/mol. The van der Waals surface area contributed by atoms with Gasteiger partial charge in [-0.05, 0) is 6.07 Å². The molecule has 2 rings (SSSR count). The number of methoxy groups -OCH3 is 2. The fraction of sp³-hybridized carbons (Fsp3) is 0.263. The number of rotatable bonds is 7. The maximum Gasteiger partial charge on any atom is 0.328 e. The number of hydrogen-bond acceptors (Lipinski definition) is 6. The molecule has 0 saturated carbocycles. The van der Waals surface area contributed by atoms with E-state index in [2.05, 4.69) is 20.7 Å². The molecule has 0 unspecified atom stereocenters. The standard InChI is InChI=1S/C19H18N2O6/c1-4-9-21-11-13(12-7-5-6-8-15(12)21)17(23)18(24)20-14(19(25)27-3)10-16(22)26-2/h1,5-8,11,14H,9-10H2,2-3H3,(H,20,24)/t14-/m0/s1. The molecule has 0 bridgehead atoms. The predicted octanol–water partition coefficient (Wildman–Crippen LogP) is 0.678. The number of amides is 1. The summed E-state index contributed by atoms with van der Waals surface area (Å²) in [5, 5.41) is 2.78. The van der Waals surface area contributed by atoms with Gasteiger partial charge in [0.15, 0.2) is 0 Å². The maximum atomic E-state index is 12.6. The van der Waals surface area contributed by atoms with Gasteiger partial charge < -0.3 is 19.4 Å². The van der Waals surface area contributed by atoms with Gasteiger partial charge in [-0.1, -0.05) is 24.1 Å². The molecule has 0 saturated heterocycles. The third-order valence-electron chi connectivity index (χ3n) is 3.89. The number of esters is 2. The number of nitrogens with zero attached hydrogens (tertiary/aromatic N) is 1. The number of nitrogens with one attached hydrogen (secondary N) is 1. The second-order valence-corrected chi connectivity index (χ2v) is 5.55. The van der Waals surface area contributed by atoms with Gasteiger partial charge in [0, 0.05) is 17.1 Å². The van der Waals surface area contributed by atoms with Gasteiger partial charge in [0.1, 0.15) is 6.04 Å². The summed E-state index contributed by atoms with van der Waals surface area (Å²) in [6.45, 7) is 0.225. The Hall–Kier alpha value is -3.60. The molecule has 1 atom stereocenters. The number of carbonyl (C=O) groups is 4. The number of aromatic nitrogens is 1. The number of Topliss-reactive ketones (excluding diaryl/α,β-unsaturated/α-hetero) is 1. The second-order valence-electron chi connectivity index (χ2n) is 5.55. The summed E-state index contributed by atoms with van der Waals surface area (Å²) in [6.07, 6.45) is 6.37. The number of terminal acetylenes is 1. The highest BCUT2D eigenvalue weighted by Gasteiger charge is 2.29. The summed E-state index contributed by atoms with van der Waals surface area (Å²) >= 11 is 0. The van der Waals surface area contributed by atoms with Gasteiger partial charge in [-0.3, -0.25) is 14.4 Å². The van der Waals surface area contributed by atoms with E-state index in [-0.39, 0.29) is 12.1 Å². The molecule has 1 heterocycles. The first-order valence-corrected chi connectivity index (χ1v) is 7.94. The monoisotopic (exact) mass is 370 g/mol. The zero-order chi connectivity index (χ0) is 20.0. The van der Waals surface area contributed by atoms with Crippen molar-refractivity contribution < 1.29 is 28.7 Å². The molecule has 0 radical (unpaired) electrons. The Morgan fingerprint density at radius 1 is 1.19 bits per heavy atom. The Morgan fingerprint density at radius 2 is 1.89 bits per heavy atom. The van der Waals surface area contributed by atoms with Crippen molar-refractivity contribution in [3.63, 3.8) is 0 Å². The highest BCUT2D eigenvalue weighted by atomic mass is 16.5. The van der Waals surface area contributed by atoms with Gasteiger partial charge in [0.25, 0.3) is 11.7 Å². The molecule has 1 amide bonds. The average Bonchev–Trinajstić information content (AvgIpc) is 3.05. The van der Waals surface area contributed by atoms with Crippen molar-refractivity contribution in [3.8, 4) is 12.3 Å². The lowest BCUT2D eigenvalue weighted by molar-refractivity contribution is -0.150. The Kier molecular flexibility index (Phi) is 6.33. The van der Waals surface area contributed by atoms with E-state index in [0.29, 0.717) is 10.9 Å². The van der Waals surface area contributed by atoms with E-state index in [0.717, 1.165) is 14.2 Å². The largest absolute Gasteiger partial charge is 0.469 e. The van der Waals surface area contributed by atoms with E-state index in [1.165, 1.54) is 6.20 Å². The first-order valence-electron chi connectivity index (χ1n) is 7.94. The van der Waals surface area contributed by atoms with Crippen LogP contribution < -0.4 is 5.32 Å². The van der Waals surface area contributed by atoms with E-state index in [1.807, 2.05) is 0 Å². The fourth-order valence-corrected chi connectivity index (χ4v) is 2.59. The van der Waals surface area contributed by atoms with E-state index in [4.69, 9.17) is 6.42 Å². The Balaban J connectivity index is 2.30. The summed E-state index contributed by atoms with van der Waals surface area (Å²) < 4.78 is 10.7. The molecule has 140 valence electrons. The molecule has 1 N–H and O–H groups in total. The quantitative estimate of drug-likeness (QED) is 0.333. The fourth-order valence-electron chi connectivity index (χ4n) is 2.59. The number of hydrogen-bond donors (Lipinski definition) is 1. The Bertz CT molecular complexity index is 937. The smallest absolute Gasteiger partial charge is 0.328 e. The molecule has 0 aliphatic rings. The van der Waals surface area contributed by atoms with Gasteiger partial charge in [0.05, 0.1) is 32.7 Å². The first-order chi connectivity index (χ1) is 12.9. The van der Waals surface area contributed by atoms with E-state index >= 15 is 0 Å². The van der Waals surface area contributed by atoms with Crippen molar-refractivity contribution in [1.82, 2.24) is 9.88 Å². The lowest BCUT2D eigenvalue weighted by atomic mass is 10.1. The first kappa shape index (κ1) is 19.7. The number of para-hydroxylation sites is 1. The number of benzene rings is 1. The third kappa shape index (κ3) is 4.33. The van der Waals surface area contributed by atoms with Crippen LogP contribution in [0.1, 0.15) is 16.8 Å². The summed E-state index contributed by atoms with van der Waals surface area (Å²) in [7, 11) is 2.25. The number of carbonyl (C=O) groups excluding carboxylic acids is 4. The van der Waals surface area contributed by atoms with Crippen LogP contribution in [-0.2, 0) is 30.4 Å². The SMILES string of the molecule is C#CCn1cc(C(=O)C(=O)N[C@@H](CC(=O)OC)C(=O)OC)c2ccccc21. The zero-order valence-corrected chi connectivity index (χ0v) is 14.9. The van der Waals surface area contributed by atoms with Crippen LogP contribution in [0.15, 0.2) is 30.5 Å². The molecule has 27 heavy (non-hydrogen) atoms. The molecule has 1 aromatic carbocycles. The van der Waals surface area contributed by atoms with Crippen molar-refractivity contribution in [3.05, 3.63) is 36.0 Å². The lowest BCUT2D eigenvalue weighted by Crippen LogP contribution is -2.45. The average molecular weight is 370 g/mol.